The smallest absolute Gasteiger partial charge is 0.262 e. The molecule has 0 unspecified atom stereocenters. The van der Waals surface area contributed by atoms with Crippen LogP contribution in [-0.2, 0) is 10.0 Å². The van der Waals surface area contributed by atoms with Gasteiger partial charge >= 0.3 is 0 Å². The van der Waals surface area contributed by atoms with Crippen LogP contribution in [0.25, 0.3) is 10.8 Å². The summed E-state index contributed by atoms with van der Waals surface area (Å²) in [5, 5.41) is 11.2. The van der Waals surface area contributed by atoms with Crippen molar-refractivity contribution in [3.8, 4) is 17.4 Å². The zero-order valence-electron chi connectivity index (χ0n) is 18.3. The fourth-order valence-electron chi connectivity index (χ4n) is 3.42. The Morgan fingerprint density at radius 1 is 0.941 bits per heavy atom. The van der Waals surface area contributed by atoms with E-state index in [9.17, 15) is 18.3 Å². The summed E-state index contributed by atoms with van der Waals surface area (Å²) in [4.78, 5) is 18.8. The quantitative estimate of drug-likeness (QED) is 0.346. The van der Waals surface area contributed by atoms with Crippen LogP contribution in [0.15, 0.2) is 81.4 Å². The molecule has 0 saturated heterocycles. The number of rotatable bonds is 7. The number of para-hydroxylation sites is 2. The third kappa shape index (κ3) is 4.44. The first kappa shape index (κ1) is 22.9. The molecule has 0 aliphatic heterocycles. The fourth-order valence-corrected chi connectivity index (χ4v) is 4.51. The SMILES string of the molecule is COc1ccc(S(=O)(=O)Nc2ccccc2OC)cc1N=Cc1c(O)[nH]c(=O)c2ccccc12. The zero-order chi connectivity index (χ0) is 24.3. The molecule has 0 spiro atoms. The number of hydrogen-bond donors (Lipinski definition) is 3. The molecule has 10 heteroatoms. The molecule has 34 heavy (non-hydrogen) atoms. The number of fused-ring (bicyclic) bond motifs is 1. The van der Waals surface area contributed by atoms with Crippen molar-refractivity contribution in [3.63, 3.8) is 0 Å². The van der Waals surface area contributed by atoms with E-state index in [2.05, 4.69) is 14.7 Å². The monoisotopic (exact) mass is 479 g/mol. The van der Waals surface area contributed by atoms with E-state index in [4.69, 9.17) is 9.47 Å². The lowest BCUT2D eigenvalue weighted by Crippen LogP contribution is -2.13. The third-order valence-corrected chi connectivity index (χ3v) is 6.46. The molecule has 3 aromatic carbocycles. The van der Waals surface area contributed by atoms with E-state index in [1.165, 1.54) is 38.6 Å². The van der Waals surface area contributed by atoms with Crippen molar-refractivity contribution in [2.45, 2.75) is 4.90 Å². The van der Waals surface area contributed by atoms with Gasteiger partial charge in [0.2, 0.25) is 5.88 Å². The van der Waals surface area contributed by atoms with Crippen molar-refractivity contribution in [2.24, 2.45) is 4.99 Å². The van der Waals surface area contributed by atoms with E-state index in [0.29, 0.717) is 22.3 Å². The maximum absolute atomic E-state index is 13.0. The van der Waals surface area contributed by atoms with Gasteiger partial charge in [-0.25, -0.2) is 8.42 Å². The molecule has 0 aliphatic carbocycles. The molecule has 3 N–H and O–H groups in total. The number of aromatic hydroxyl groups is 1. The molecule has 0 saturated carbocycles. The van der Waals surface area contributed by atoms with Crippen LogP contribution in [0.3, 0.4) is 0 Å². The highest BCUT2D eigenvalue weighted by Crippen LogP contribution is 2.33. The predicted molar refractivity (Wildman–Crippen MR) is 130 cm³/mol. The minimum absolute atomic E-state index is 0.0538. The predicted octanol–water partition coefficient (Wildman–Crippen LogP) is 3.80. The lowest BCUT2D eigenvalue weighted by molar-refractivity contribution is 0.416. The Kier molecular flexibility index (Phi) is 6.24. The van der Waals surface area contributed by atoms with Gasteiger partial charge in [0.05, 0.1) is 30.4 Å². The second-order valence-corrected chi connectivity index (χ2v) is 8.84. The van der Waals surface area contributed by atoms with Crippen LogP contribution in [0.4, 0.5) is 11.4 Å². The minimum Gasteiger partial charge on any atom is -0.495 e. The Hall–Kier alpha value is -4.31. The van der Waals surface area contributed by atoms with E-state index in [1.807, 2.05) is 0 Å². The summed E-state index contributed by atoms with van der Waals surface area (Å²) in [6, 6.07) is 17.6. The van der Waals surface area contributed by atoms with Crippen LogP contribution in [0.2, 0.25) is 0 Å². The number of nitrogens with zero attached hydrogens (tertiary/aromatic N) is 1. The Bertz CT molecular complexity index is 1560. The van der Waals surface area contributed by atoms with Crippen LogP contribution >= 0.6 is 0 Å². The summed E-state index contributed by atoms with van der Waals surface area (Å²) in [5.41, 5.74) is 0.339. The molecule has 0 bridgehead atoms. The first-order chi connectivity index (χ1) is 16.3. The first-order valence-electron chi connectivity index (χ1n) is 10.1. The minimum atomic E-state index is -3.98. The number of anilines is 1. The fraction of sp³-hybridized carbons (Fsp3) is 0.0833. The van der Waals surface area contributed by atoms with Crippen LogP contribution in [0.5, 0.6) is 17.4 Å². The summed E-state index contributed by atoms with van der Waals surface area (Å²) in [6.45, 7) is 0. The molecule has 0 amide bonds. The van der Waals surface area contributed by atoms with Crippen LogP contribution < -0.4 is 19.8 Å². The van der Waals surface area contributed by atoms with Crippen molar-refractivity contribution in [2.75, 3.05) is 18.9 Å². The summed E-state index contributed by atoms with van der Waals surface area (Å²) >= 11 is 0. The molecule has 0 radical (unpaired) electrons. The number of aromatic amines is 1. The molecular formula is C24H21N3O6S. The second-order valence-electron chi connectivity index (χ2n) is 7.16. The highest BCUT2D eigenvalue weighted by Gasteiger charge is 2.18. The Morgan fingerprint density at radius 2 is 1.62 bits per heavy atom. The molecule has 1 aromatic heterocycles. The summed E-state index contributed by atoms with van der Waals surface area (Å²) in [7, 11) is -1.10. The van der Waals surface area contributed by atoms with Gasteiger partial charge in [0.15, 0.2) is 0 Å². The summed E-state index contributed by atoms with van der Waals surface area (Å²) in [5.74, 6) is 0.340. The number of aliphatic imine (C=N–C) groups is 1. The second kappa shape index (κ2) is 9.28. The highest BCUT2D eigenvalue weighted by atomic mass is 32.2. The lowest BCUT2D eigenvalue weighted by atomic mass is 10.1. The largest absolute Gasteiger partial charge is 0.495 e. The number of hydrogen-bond acceptors (Lipinski definition) is 7. The van der Waals surface area contributed by atoms with Crippen molar-refractivity contribution >= 4 is 38.4 Å². The van der Waals surface area contributed by atoms with Gasteiger partial charge < -0.3 is 14.6 Å². The number of ether oxygens (including phenoxy) is 2. The van der Waals surface area contributed by atoms with Crippen molar-refractivity contribution in [1.29, 1.82) is 0 Å². The van der Waals surface area contributed by atoms with E-state index >= 15 is 0 Å². The van der Waals surface area contributed by atoms with Crippen LogP contribution in [0, 0.1) is 0 Å². The van der Waals surface area contributed by atoms with Gasteiger partial charge in [-0.2, -0.15) is 0 Å². The molecule has 174 valence electrons. The van der Waals surface area contributed by atoms with Crippen molar-refractivity contribution < 1.29 is 23.0 Å². The molecule has 9 nitrogen and oxygen atoms in total. The van der Waals surface area contributed by atoms with Crippen LogP contribution in [0.1, 0.15) is 5.56 Å². The maximum atomic E-state index is 13.0. The number of nitrogens with one attached hydrogen (secondary N) is 2. The first-order valence-corrected chi connectivity index (χ1v) is 11.5. The normalized spacial score (nSPS) is 11.6. The maximum Gasteiger partial charge on any atom is 0.262 e. The summed E-state index contributed by atoms with van der Waals surface area (Å²) < 4.78 is 39.1. The Balaban J connectivity index is 1.75. The number of benzene rings is 3. The van der Waals surface area contributed by atoms with Gasteiger partial charge in [-0.15, -0.1) is 0 Å². The molecular weight excluding hydrogens is 458 g/mol. The van der Waals surface area contributed by atoms with E-state index in [0.717, 1.165) is 0 Å². The number of H-pyrrole nitrogens is 1. The van der Waals surface area contributed by atoms with Gasteiger partial charge in [-0.3, -0.25) is 19.5 Å². The number of sulfonamides is 1. The van der Waals surface area contributed by atoms with Gasteiger partial charge in [0.1, 0.15) is 17.2 Å². The highest BCUT2D eigenvalue weighted by molar-refractivity contribution is 7.92. The summed E-state index contributed by atoms with van der Waals surface area (Å²) in [6.07, 6.45) is 1.34. The topological polar surface area (TPSA) is 130 Å². The molecule has 0 fully saturated rings. The molecule has 4 rings (SSSR count). The molecule has 1 heterocycles. The van der Waals surface area contributed by atoms with Gasteiger partial charge in [0.25, 0.3) is 15.6 Å². The van der Waals surface area contributed by atoms with E-state index in [-0.39, 0.29) is 27.7 Å². The standard InChI is InChI=1S/C24H21N3O6S/c1-32-21-10-6-5-9-19(21)27-34(30,31)15-11-12-22(33-2)20(13-15)25-14-18-16-7-3-4-8-17(16)23(28)26-24(18)29/h3-14,27H,1-2H3,(H2,26,28,29). The van der Waals surface area contributed by atoms with Gasteiger partial charge in [0, 0.05) is 17.0 Å². The number of methoxy groups -OCH3 is 2. The molecule has 4 aromatic rings. The molecule has 0 aliphatic rings. The number of aromatic nitrogens is 1. The average molecular weight is 480 g/mol. The lowest BCUT2D eigenvalue weighted by Gasteiger charge is -2.13. The van der Waals surface area contributed by atoms with Gasteiger partial charge in [-0.1, -0.05) is 30.3 Å². The van der Waals surface area contributed by atoms with Crippen molar-refractivity contribution in [1.82, 2.24) is 4.98 Å². The van der Waals surface area contributed by atoms with E-state index in [1.54, 1.807) is 48.5 Å². The zero-order valence-corrected chi connectivity index (χ0v) is 19.1. The van der Waals surface area contributed by atoms with Crippen molar-refractivity contribution in [3.05, 3.63) is 82.6 Å². The molecule has 0 atom stereocenters. The average Bonchev–Trinajstić information content (AvgIpc) is 2.84. The number of pyridine rings is 1. The van der Waals surface area contributed by atoms with Crippen LogP contribution in [-0.4, -0.2) is 38.9 Å². The van der Waals surface area contributed by atoms with E-state index < -0.39 is 15.6 Å². The Morgan fingerprint density at radius 3 is 2.35 bits per heavy atom. The van der Waals surface area contributed by atoms with Gasteiger partial charge in [-0.05, 0) is 36.4 Å². The Labute approximate surface area is 195 Å². The third-order valence-electron chi connectivity index (χ3n) is 5.09.